The molecule has 2 aromatic carbocycles. The summed E-state index contributed by atoms with van der Waals surface area (Å²) < 4.78 is 37.8. The van der Waals surface area contributed by atoms with Gasteiger partial charge < -0.3 is 14.8 Å². The fourth-order valence-electron chi connectivity index (χ4n) is 3.53. The zero-order chi connectivity index (χ0) is 23.3. The molecule has 1 amide bonds. The summed E-state index contributed by atoms with van der Waals surface area (Å²) in [6, 6.07) is 8.04. The highest BCUT2D eigenvalue weighted by atomic mass is 32.2. The van der Waals surface area contributed by atoms with E-state index in [0.717, 1.165) is 11.1 Å². The van der Waals surface area contributed by atoms with E-state index in [2.05, 4.69) is 5.32 Å². The molecule has 0 saturated carbocycles. The number of sulfonamides is 1. The lowest BCUT2D eigenvalue weighted by Gasteiger charge is -2.21. The Labute approximate surface area is 185 Å². The molecule has 1 unspecified atom stereocenters. The van der Waals surface area contributed by atoms with Gasteiger partial charge in [-0.3, -0.25) is 4.79 Å². The average molecular weight is 449 g/mol. The molecule has 1 atom stereocenters. The number of rotatable bonds is 9. The molecule has 0 heterocycles. The van der Waals surface area contributed by atoms with Gasteiger partial charge in [-0.2, -0.15) is 4.31 Å². The van der Waals surface area contributed by atoms with E-state index in [9.17, 15) is 13.2 Å². The number of carbonyl (C=O) groups excluding carboxylic acids is 1. The van der Waals surface area contributed by atoms with Crippen molar-refractivity contribution in [3.05, 3.63) is 52.6 Å². The molecule has 0 aliphatic rings. The molecular formula is C23H32N2O5S. The van der Waals surface area contributed by atoms with Gasteiger partial charge in [-0.25, -0.2) is 8.42 Å². The number of carbonyl (C=O) groups is 1. The van der Waals surface area contributed by atoms with E-state index in [4.69, 9.17) is 9.47 Å². The maximum atomic E-state index is 13.1. The molecular weight excluding hydrogens is 416 g/mol. The van der Waals surface area contributed by atoms with E-state index < -0.39 is 10.0 Å². The Hall–Kier alpha value is -2.58. The highest BCUT2D eigenvalue weighted by Gasteiger charge is 2.24. The van der Waals surface area contributed by atoms with Gasteiger partial charge in [0.15, 0.2) is 11.5 Å². The lowest BCUT2D eigenvalue weighted by atomic mass is 10.0. The number of aryl methyl sites for hydroxylation is 2. The van der Waals surface area contributed by atoms with Gasteiger partial charge in [-0.15, -0.1) is 0 Å². The molecule has 31 heavy (non-hydrogen) atoms. The number of hydrogen-bond donors (Lipinski definition) is 1. The third-order valence-electron chi connectivity index (χ3n) is 5.38. The Morgan fingerprint density at radius 1 is 1.00 bits per heavy atom. The first-order valence-electron chi connectivity index (χ1n) is 10.2. The van der Waals surface area contributed by atoms with Gasteiger partial charge in [0.2, 0.25) is 10.0 Å². The minimum atomic E-state index is -3.66. The first-order valence-corrected chi connectivity index (χ1v) is 11.7. The van der Waals surface area contributed by atoms with E-state index >= 15 is 0 Å². The molecule has 2 aromatic rings. The van der Waals surface area contributed by atoms with Gasteiger partial charge in [0.1, 0.15) is 0 Å². The second-order valence-corrected chi connectivity index (χ2v) is 9.26. The van der Waals surface area contributed by atoms with Crippen molar-refractivity contribution in [2.45, 2.75) is 45.6 Å². The number of benzene rings is 2. The van der Waals surface area contributed by atoms with E-state index in [1.54, 1.807) is 47.1 Å². The van der Waals surface area contributed by atoms with E-state index in [1.165, 1.54) is 10.4 Å². The van der Waals surface area contributed by atoms with E-state index in [-0.39, 0.29) is 16.8 Å². The van der Waals surface area contributed by atoms with Gasteiger partial charge in [-0.05, 0) is 61.7 Å². The zero-order valence-corrected chi connectivity index (χ0v) is 20.1. The fourth-order valence-corrected chi connectivity index (χ4v) is 5.02. The van der Waals surface area contributed by atoms with Crippen molar-refractivity contribution >= 4 is 15.9 Å². The number of amides is 1. The summed E-state index contributed by atoms with van der Waals surface area (Å²) in [5, 5.41) is 2.98. The van der Waals surface area contributed by atoms with Crippen LogP contribution >= 0.6 is 0 Å². The molecule has 0 spiro atoms. The molecule has 0 saturated heterocycles. The summed E-state index contributed by atoms with van der Waals surface area (Å²) in [5.41, 5.74) is 2.86. The maximum absolute atomic E-state index is 13.1. The van der Waals surface area contributed by atoms with Crippen molar-refractivity contribution in [1.82, 2.24) is 9.62 Å². The summed E-state index contributed by atoms with van der Waals surface area (Å²) in [6.07, 6.45) is 0. The number of methoxy groups -OCH3 is 2. The van der Waals surface area contributed by atoms with Crippen LogP contribution in [0.15, 0.2) is 35.2 Å². The van der Waals surface area contributed by atoms with E-state index in [1.807, 2.05) is 26.0 Å². The van der Waals surface area contributed by atoms with Crippen molar-refractivity contribution in [2.24, 2.45) is 0 Å². The van der Waals surface area contributed by atoms with Gasteiger partial charge >= 0.3 is 0 Å². The quantitative estimate of drug-likeness (QED) is 0.630. The lowest BCUT2D eigenvalue weighted by Crippen LogP contribution is -2.31. The molecule has 2 rings (SSSR count). The number of nitrogens with zero attached hydrogens (tertiary/aromatic N) is 1. The van der Waals surface area contributed by atoms with Crippen molar-refractivity contribution in [3.63, 3.8) is 0 Å². The minimum absolute atomic E-state index is 0.113. The number of ether oxygens (including phenoxy) is 2. The Morgan fingerprint density at radius 3 is 2.13 bits per heavy atom. The summed E-state index contributed by atoms with van der Waals surface area (Å²) in [5.74, 6) is 0.857. The molecule has 170 valence electrons. The van der Waals surface area contributed by atoms with Gasteiger partial charge in [-0.1, -0.05) is 19.9 Å². The van der Waals surface area contributed by atoms with E-state index in [0.29, 0.717) is 35.7 Å². The summed E-state index contributed by atoms with van der Waals surface area (Å²) in [4.78, 5) is 13.2. The molecule has 0 radical (unpaired) electrons. The van der Waals surface area contributed by atoms with Crippen LogP contribution in [0, 0.1) is 13.8 Å². The van der Waals surface area contributed by atoms with Crippen LogP contribution in [0.25, 0.3) is 0 Å². The Balaban J connectivity index is 2.36. The van der Waals surface area contributed by atoms with Crippen LogP contribution in [-0.2, 0) is 10.0 Å². The second kappa shape index (κ2) is 10.2. The normalized spacial score (nSPS) is 12.5. The highest BCUT2D eigenvalue weighted by Crippen LogP contribution is 2.33. The second-order valence-electron chi connectivity index (χ2n) is 7.32. The van der Waals surface area contributed by atoms with Crippen molar-refractivity contribution in [3.8, 4) is 11.5 Å². The Morgan fingerprint density at radius 2 is 1.58 bits per heavy atom. The summed E-state index contributed by atoms with van der Waals surface area (Å²) in [7, 11) is -0.521. The molecule has 0 fully saturated rings. The smallest absolute Gasteiger partial charge is 0.252 e. The summed E-state index contributed by atoms with van der Waals surface area (Å²) >= 11 is 0. The highest BCUT2D eigenvalue weighted by molar-refractivity contribution is 7.89. The standard InChI is InChI=1S/C23H32N2O5S/c1-8-25(9-2)31(27,28)18-11-10-15(3)20(13-18)23(26)24-17(5)19-14-22(30-7)21(29-6)12-16(19)4/h10-14,17H,8-9H2,1-7H3,(H,24,26). The zero-order valence-electron chi connectivity index (χ0n) is 19.3. The predicted octanol–water partition coefficient (Wildman–Crippen LogP) is 3.84. The number of hydrogen-bond acceptors (Lipinski definition) is 5. The molecule has 0 aromatic heterocycles. The van der Waals surface area contributed by atoms with Crippen LogP contribution in [0.1, 0.15) is 53.9 Å². The van der Waals surface area contributed by atoms with Crippen LogP contribution < -0.4 is 14.8 Å². The first-order chi connectivity index (χ1) is 14.6. The van der Waals surface area contributed by atoms with Crippen LogP contribution in [0.4, 0.5) is 0 Å². The van der Waals surface area contributed by atoms with Gasteiger partial charge in [0, 0.05) is 18.7 Å². The fraction of sp³-hybridized carbons (Fsp3) is 0.435. The van der Waals surface area contributed by atoms with Crippen LogP contribution in [-0.4, -0.2) is 45.9 Å². The summed E-state index contributed by atoms with van der Waals surface area (Å²) in [6.45, 7) is 9.90. The third kappa shape index (κ3) is 5.19. The topological polar surface area (TPSA) is 84.9 Å². The van der Waals surface area contributed by atoms with Crippen LogP contribution in [0.3, 0.4) is 0 Å². The lowest BCUT2D eigenvalue weighted by molar-refractivity contribution is 0.0939. The molecule has 0 bridgehead atoms. The minimum Gasteiger partial charge on any atom is -0.493 e. The molecule has 1 N–H and O–H groups in total. The first kappa shape index (κ1) is 24.7. The molecule has 0 aliphatic carbocycles. The Kier molecular flexibility index (Phi) is 8.08. The van der Waals surface area contributed by atoms with Crippen LogP contribution in [0.2, 0.25) is 0 Å². The molecule has 7 nitrogen and oxygen atoms in total. The molecule has 0 aliphatic heterocycles. The number of nitrogens with one attached hydrogen (secondary N) is 1. The van der Waals surface area contributed by atoms with Gasteiger partial charge in [0.05, 0.1) is 25.2 Å². The maximum Gasteiger partial charge on any atom is 0.252 e. The van der Waals surface area contributed by atoms with Crippen molar-refractivity contribution < 1.29 is 22.7 Å². The third-order valence-corrected chi connectivity index (χ3v) is 7.43. The van der Waals surface area contributed by atoms with Crippen molar-refractivity contribution in [2.75, 3.05) is 27.3 Å². The van der Waals surface area contributed by atoms with Gasteiger partial charge in [0.25, 0.3) is 5.91 Å². The Bertz CT molecular complexity index is 1050. The largest absolute Gasteiger partial charge is 0.493 e. The predicted molar refractivity (Wildman–Crippen MR) is 121 cm³/mol. The SMILES string of the molecule is CCN(CC)S(=O)(=O)c1ccc(C)c(C(=O)NC(C)c2cc(OC)c(OC)cc2C)c1. The average Bonchev–Trinajstić information content (AvgIpc) is 2.73. The monoisotopic (exact) mass is 448 g/mol. The molecule has 8 heteroatoms. The van der Waals surface area contributed by atoms with Crippen molar-refractivity contribution in [1.29, 1.82) is 0 Å². The van der Waals surface area contributed by atoms with Crippen LogP contribution in [0.5, 0.6) is 11.5 Å².